The van der Waals surface area contributed by atoms with Crippen molar-refractivity contribution in [2.24, 2.45) is 0 Å². The Morgan fingerprint density at radius 2 is 1.86 bits per heavy atom. The van der Waals surface area contributed by atoms with E-state index in [2.05, 4.69) is 5.32 Å². The second-order valence-corrected chi connectivity index (χ2v) is 9.78. The molecule has 8 heteroatoms. The molecule has 0 radical (unpaired) electrons. The standard InChI is InChI=1S/C21H27ClN2O4S/c1-14(2)17-11-18(22)15(3)10-19(17)28-13-21(25)23-12-16-8-6-7-9-20(16)29(26,27)24(4)5/h6-11,14H,12-13H2,1-5H3,(H,23,25). The van der Waals surface area contributed by atoms with Gasteiger partial charge in [-0.3, -0.25) is 4.79 Å². The Balaban J connectivity index is 2.07. The first-order chi connectivity index (χ1) is 13.5. The van der Waals surface area contributed by atoms with Gasteiger partial charge in [-0.15, -0.1) is 0 Å². The van der Waals surface area contributed by atoms with Crippen molar-refractivity contribution >= 4 is 27.5 Å². The number of hydrogen-bond donors (Lipinski definition) is 1. The number of halogens is 1. The Hall–Kier alpha value is -2.09. The van der Waals surface area contributed by atoms with Gasteiger partial charge in [0.05, 0.1) is 4.90 Å². The molecule has 1 N–H and O–H groups in total. The van der Waals surface area contributed by atoms with E-state index >= 15 is 0 Å². The van der Waals surface area contributed by atoms with Gasteiger partial charge >= 0.3 is 0 Å². The van der Waals surface area contributed by atoms with Crippen LogP contribution in [-0.4, -0.2) is 39.3 Å². The number of aryl methyl sites for hydroxylation is 1. The Labute approximate surface area is 177 Å². The molecule has 0 aliphatic rings. The minimum absolute atomic E-state index is 0.0854. The topological polar surface area (TPSA) is 75.7 Å². The van der Waals surface area contributed by atoms with Crippen LogP contribution in [-0.2, 0) is 21.4 Å². The van der Waals surface area contributed by atoms with Crippen LogP contribution >= 0.6 is 11.6 Å². The molecule has 0 saturated heterocycles. The molecule has 0 aliphatic heterocycles. The van der Waals surface area contributed by atoms with Gasteiger partial charge in [-0.25, -0.2) is 12.7 Å². The monoisotopic (exact) mass is 438 g/mol. The molecule has 0 fully saturated rings. The van der Waals surface area contributed by atoms with E-state index < -0.39 is 10.0 Å². The number of ether oxygens (including phenoxy) is 1. The summed E-state index contributed by atoms with van der Waals surface area (Å²) in [4.78, 5) is 12.5. The molecule has 0 aromatic heterocycles. The summed E-state index contributed by atoms with van der Waals surface area (Å²) in [7, 11) is -0.654. The molecule has 2 rings (SSSR count). The average Bonchev–Trinajstić information content (AvgIpc) is 2.66. The summed E-state index contributed by atoms with van der Waals surface area (Å²) in [6.45, 7) is 5.83. The average molecular weight is 439 g/mol. The second kappa shape index (κ2) is 9.61. The second-order valence-electron chi connectivity index (χ2n) is 7.25. The van der Waals surface area contributed by atoms with E-state index in [-0.39, 0.29) is 29.9 Å². The Morgan fingerprint density at radius 3 is 2.48 bits per heavy atom. The molecule has 1 amide bonds. The van der Waals surface area contributed by atoms with Crippen molar-refractivity contribution < 1.29 is 17.9 Å². The van der Waals surface area contributed by atoms with Crippen molar-refractivity contribution in [1.29, 1.82) is 0 Å². The zero-order valence-electron chi connectivity index (χ0n) is 17.3. The molecule has 0 heterocycles. The van der Waals surface area contributed by atoms with E-state index in [0.29, 0.717) is 16.3 Å². The maximum absolute atomic E-state index is 12.4. The van der Waals surface area contributed by atoms with Gasteiger partial charge in [0, 0.05) is 25.7 Å². The third-order valence-electron chi connectivity index (χ3n) is 4.48. The molecular formula is C21H27ClN2O4S. The van der Waals surface area contributed by atoms with Crippen molar-refractivity contribution in [3.8, 4) is 5.75 Å². The number of rotatable bonds is 8. The first kappa shape index (κ1) is 23.2. The molecule has 0 bridgehead atoms. The van der Waals surface area contributed by atoms with Gasteiger partial charge in [-0.1, -0.05) is 43.6 Å². The lowest BCUT2D eigenvalue weighted by Gasteiger charge is -2.17. The van der Waals surface area contributed by atoms with Crippen LogP contribution in [0.2, 0.25) is 5.02 Å². The number of carbonyl (C=O) groups excluding carboxylic acids is 1. The molecule has 2 aromatic rings. The van der Waals surface area contributed by atoms with E-state index in [1.807, 2.05) is 32.9 Å². The van der Waals surface area contributed by atoms with Crippen molar-refractivity contribution in [1.82, 2.24) is 9.62 Å². The van der Waals surface area contributed by atoms with Gasteiger partial charge in [-0.2, -0.15) is 0 Å². The van der Waals surface area contributed by atoms with Crippen molar-refractivity contribution in [3.63, 3.8) is 0 Å². The summed E-state index contributed by atoms with van der Waals surface area (Å²) in [5.74, 6) is 0.464. The van der Waals surface area contributed by atoms with Crippen LogP contribution < -0.4 is 10.1 Å². The molecule has 0 aliphatic carbocycles. The quantitative estimate of drug-likeness (QED) is 0.681. The summed E-state index contributed by atoms with van der Waals surface area (Å²) in [6.07, 6.45) is 0. The van der Waals surface area contributed by atoms with Gasteiger partial charge in [-0.05, 0) is 47.7 Å². The van der Waals surface area contributed by atoms with E-state index in [4.69, 9.17) is 16.3 Å². The van der Waals surface area contributed by atoms with Crippen LogP contribution in [0.4, 0.5) is 0 Å². The number of nitrogens with zero attached hydrogens (tertiary/aromatic N) is 1. The number of sulfonamides is 1. The van der Waals surface area contributed by atoms with Crippen LogP contribution in [0.1, 0.15) is 36.5 Å². The molecule has 0 atom stereocenters. The molecule has 0 unspecified atom stereocenters. The molecule has 2 aromatic carbocycles. The third kappa shape index (κ3) is 5.72. The van der Waals surface area contributed by atoms with E-state index in [0.717, 1.165) is 15.4 Å². The first-order valence-electron chi connectivity index (χ1n) is 9.24. The van der Waals surface area contributed by atoms with Crippen molar-refractivity contribution in [2.45, 2.75) is 38.1 Å². The van der Waals surface area contributed by atoms with E-state index in [1.54, 1.807) is 18.2 Å². The van der Waals surface area contributed by atoms with Crippen molar-refractivity contribution in [2.75, 3.05) is 20.7 Å². The maximum atomic E-state index is 12.4. The molecule has 0 saturated carbocycles. The largest absolute Gasteiger partial charge is 0.483 e. The van der Waals surface area contributed by atoms with Gasteiger partial charge in [0.1, 0.15) is 5.75 Å². The fourth-order valence-electron chi connectivity index (χ4n) is 2.73. The van der Waals surface area contributed by atoms with Crippen LogP contribution in [0.25, 0.3) is 0 Å². The molecule has 29 heavy (non-hydrogen) atoms. The van der Waals surface area contributed by atoms with E-state index in [9.17, 15) is 13.2 Å². The minimum Gasteiger partial charge on any atom is -0.483 e. The van der Waals surface area contributed by atoms with Crippen LogP contribution in [0.5, 0.6) is 5.75 Å². The lowest BCUT2D eigenvalue weighted by molar-refractivity contribution is -0.123. The number of benzene rings is 2. The van der Waals surface area contributed by atoms with Crippen LogP contribution in [0.3, 0.4) is 0 Å². The zero-order chi connectivity index (χ0) is 21.8. The van der Waals surface area contributed by atoms with Gasteiger partial charge in [0.15, 0.2) is 6.61 Å². The van der Waals surface area contributed by atoms with Crippen LogP contribution in [0.15, 0.2) is 41.3 Å². The summed E-state index contributed by atoms with van der Waals surface area (Å²) in [5.41, 5.74) is 2.31. The highest BCUT2D eigenvalue weighted by Crippen LogP contribution is 2.32. The smallest absolute Gasteiger partial charge is 0.258 e. The number of hydrogen-bond acceptors (Lipinski definition) is 4. The molecule has 158 valence electrons. The molecular weight excluding hydrogens is 412 g/mol. The van der Waals surface area contributed by atoms with E-state index in [1.165, 1.54) is 20.2 Å². The van der Waals surface area contributed by atoms with Gasteiger partial charge in [0.2, 0.25) is 10.0 Å². The van der Waals surface area contributed by atoms with Gasteiger partial charge < -0.3 is 10.1 Å². The lowest BCUT2D eigenvalue weighted by Crippen LogP contribution is -2.30. The predicted molar refractivity (Wildman–Crippen MR) is 115 cm³/mol. The Morgan fingerprint density at radius 1 is 1.21 bits per heavy atom. The number of nitrogens with one attached hydrogen (secondary N) is 1. The Kier molecular flexibility index (Phi) is 7.68. The fraction of sp³-hybridized carbons (Fsp3) is 0.381. The van der Waals surface area contributed by atoms with Gasteiger partial charge in [0.25, 0.3) is 5.91 Å². The Bertz CT molecular complexity index is 988. The number of carbonyl (C=O) groups is 1. The molecule has 0 spiro atoms. The summed E-state index contributed by atoms with van der Waals surface area (Å²) in [5, 5.41) is 3.38. The molecule has 6 nitrogen and oxygen atoms in total. The highest BCUT2D eigenvalue weighted by atomic mass is 35.5. The maximum Gasteiger partial charge on any atom is 0.258 e. The summed E-state index contributed by atoms with van der Waals surface area (Å²) in [6, 6.07) is 10.3. The fourth-order valence-corrected chi connectivity index (χ4v) is 4.02. The minimum atomic E-state index is -3.60. The zero-order valence-corrected chi connectivity index (χ0v) is 18.9. The first-order valence-corrected chi connectivity index (χ1v) is 11.1. The summed E-state index contributed by atoms with van der Waals surface area (Å²) < 4.78 is 31.8. The SMILES string of the molecule is Cc1cc(OCC(=O)NCc2ccccc2S(=O)(=O)N(C)C)c(C(C)C)cc1Cl. The van der Waals surface area contributed by atoms with Crippen molar-refractivity contribution in [3.05, 3.63) is 58.1 Å². The predicted octanol–water partition coefficient (Wildman–Crippen LogP) is 3.72. The highest BCUT2D eigenvalue weighted by Gasteiger charge is 2.21. The number of amides is 1. The van der Waals surface area contributed by atoms with Crippen LogP contribution in [0, 0.1) is 6.92 Å². The third-order valence-corrected chi connectivity index (χ3v) is 6.80. The lowest BCUT2D eigenvalue weighted by atomic mass is 10.0. The normalized spacial score (nSPS) is 11.7. The highest BCUT2D eigenvalue weighted by molar-refractivity contribution is 7.89. The summed E-state index contributed by atoms with van der Waals surface area (Å²) >= 11 is 6.20.